The lowest BCUT2D eigenvalue weighted by Gasteiger charge is -2.11. The van der Waals surface area contributed by atoms with E-state index >= 15 is 0 Å². The topological polar surface area (TPSA) is 170 Å². The van der Waals surface area contributed by atoms with Crippen molar-refractivity contribution >= 4 is 39.9 Å². The fourth-order valence-corrected chi connectivity index (χ4v) is 3.10. The first-order valence-corrected chi connectivity index (χ1v) is 9.26. The summed E-state index contributed by atoms with van der Waals surface area (Å²) in [7, 11) is 3.65. The minimum Gasteiger partial charge on any atom is -0.477 e. The van der Waals surface area contributed by atoms with E-state index in [9.17, 15) is 4.79 Å². The molecule has 158 valence electrons. The molecule has 0 unspecified atom stereocenters. The highest BCUT2D eigenvalue weighted by Gasteiger charge is 2.16. The monoisotopic (exact) mass is 420 g/mol. The molecule has 0 saturated heterocycles. The number of carboxylic acids is 1. The highest BCUT2D eigenvalue weighted by Crippen LogP contribution is 2.28. The van der Waals surface area contributed by atoms with Gasteiger partial charge in [-0.3, -0.25) is 10.5 Å². The molecule has 0 radical (unpaired) electrons. The number of aromatic amines is 1. The van der Waals surface area contributed by atoms with Gasteiger partial charge in [0, 0.05) is 48.5 Å². The average molecular weight is 420 g/mol. The molecule has 4 rings (SSSR count). The van der Waals surface area contributed by atoms with E-state index in [1.165, 1.54) is 0 Å². The number of aromatic nitrogens is 4. The Balaban J connectivity index is 1.64. The van der Waals surface area contributed by atoms with E-state index in [-0.39, 0.29) is 11.3 Å². The predicted molar refractivity (Wildman–Crippen MR) is 116 cm³/mol. The van der Waals surface area contributed by atoms with E-state index in [4.69, 9.17) is 20.8 Å². The lowest BCUT2D eigenvalue weighted by Crippen LogP contribution is -2.15. The van der Waals surface area contributed by atoms with E-state index in [0.29, 0.717) is 24.1 Å². The van der Waals surface area contributed by atoms with Crippen LogP contribution >= 0.6 is 0 Å². The number of nitrogens with zero attached hydrogens (tertiary/aromatic N) is 4. The van der Waals surface area contributed by atoms with Crippen molar-refractivity contribution in [1.82, 2.24) is 20.3 Å². The van der Waals surface area contributed by atoms with E-state index < -0.39 is 11.7 Å². The summed E-state index contributed by atoms with van der Waals surface area (Å²) in [5.74, 6) is -0.492. The third-order valence-electron chi connectivity index (χ3n) is 4.73. The Labute approximate surface area is 176 Å². The molecule has 6 N–H and O–H groups in total. The Bertz CT molecular complexity index is 1290. The highest BCUT2D eigenvalue weighted by molar-refractivity contribution is 6.42. The minimum atomic E-state index is -1.34. The quantitative estimate of drug-likeness (QED) is 0.222. The summed E-state index contributed by atoms with van der Waals surface area (Å²) >= 11 is 0. The molecule has 4 aromatic rings. The van der Waals surface area contributed by atoms with Crippen molar-refractivity contribution in [3.63, 3.8) is 0 Å². The van der Waals surface area contributed by atoms with Gasteiger partial charge < -0.3 is 25.6 Å². The maximum absolute atomic E-state index is 11.1. The Hall–Kier alpha value is -4.41. The molecule has 31 heavy (non-hydrogen) atoms. The molecular formula is C20H20N8O3. The van der Waals surface area contributed by atoms with Gasteiger partial charge in [-0.15, -0.1) is 0 Å². The van der Waals surface area contributed by atoms with Crippen LogP contribution in [0.4, 0.5) is 17.3 Å². The number of anilines is 3. The molecule has 0 aliphatic rings. The van der Waals surface area contributed by atoms with Crippen LogP contribution < -0.4 is 16.0 Å². The lowest BCUT2D eigenvalue weighted by molar-refractivity contribution is -0.129. The second-order valence-electron chi connectivity index (χ2n) is 7.10. The number of rotatable bonds is 7. The number of hydrogen-bond acceptors (Lipinski definition) is 9. The molecule has 0 aliphatic carbocycles. The normalized spacial score (nSPS) is 10.9. The molecule has 0 spiro atoms. The van der Waals surface area contributed by atoms with Gasteiger partial charge in [0.2, 0.25) is 0 Å². The van der Waals surface area contributed by atoms with Crippen molar-refractivity contribution in [2.45, 2.75) is 6.54 Å². The van der Waals surface area contributed by atoms with Crippen LogP contribution in [-0.2, 0) is 11.3 Å². The van der Waals surface area contributed by atoms with Crippen LogP contribution in [0.1, 0.15) is 11.1 Å². The van der Waals surface area contributed by atoms with Crippen molar-refractivity contribution in [2.75, 3.05) is 30.0 Å². The zero-order valence-corrected chi connectivity index (χ0v) is 16.8. The van der Waals surface area contributed by atoms with E-state index in [2.05, 4.69) is 25.7 Å². The number of nitrogens with one attached hydrogen (secondary N) is 3. The SMILES string of the molecule is CN(C)c1noc(-c2cc(CNc3ccc(N)c(C(=N)C(=O)O)c3)c3cn[nH]c3c2)n1. The predicted octanol–water partition coefficient (Wildman–Crippen LogP) is 2.33. The van der Waals surface area contributed by atoms with Gasteiger partial charge in [-0.25, -0.2) is 4.79 Å². The Morgan fingerprint density at radius 3 is 2.84 bits per heavy atom. The summed E-state index contributed by atoms with van der Waals surface area (Å²) in [6.45, 7) is 0.405. The van der Waals surface area contributed by atoms with Crippen LogP contribution in [0.25, 0.3) is 22.4 Å². The minimum absolute atomic E-state index is 0.154. The van der Waals surface area contributed by atoms with Crippen molar-refractivity contribution in [1.29, 1.82) is 5.41 Å². The fraction of sp³-hybridized carbons (Fsp3) is 0.150. The van der Waals surface area contributed by atoms with Crippen LogP contribution in [0.15, 0.2) is 41.1 Å². The van der Waals surface area contributed by atoms with Gasteiger partial charge in [0.25, 0.3) is 11.8 Å². The van der Waals surface area contributed by atoms with Gasteiger partial charge in [0.15, 0.2) is 0 Å². The smallest absolute Gasteiger partial charge is 0.354 e. The second-order valence-corrected chi connectivity index (χ2v) is 7.10. The number of aliphatic carboxylic acids is 1. The maximum Gasteiger partial charge on any atom is 0.354 e. The molecule has 2 heterocycles. The lowest BCUT2D eigenvalue weighted by atomic mass is 10.0. The zero-order chi connectivity index (χ0) is 22.1. The Morgan fingerprint density at radius 2 is 2.13 bits per heavy atom. The average Bonchev–Trinajstić information content (AvgIpc) is 3.42. The number of nitrogen functional groups attached to an aromatic ring is 1. The van der Waals surface area contributed by atoms with Gasteiger partial charge in [0.05, 0.1) is 11.7 Å². The summed E-state index contributed by atoms with van der Waals surface area (Å²) in [4.78, 5) is 17.3. The summed E-state index contributed by atoms with van der Waals surface area (Å²) in [6.07, 6.45) is 1.73. The third kappa shape index (κ3) is 3.88. The van der Waals surface area contributed by atoms with Gasteiger partial charge in [-0.05, 0) is 41.1 Å². The standard InChI is InChI=1S/C20H20N8O3/c1-28(2)20-25-18(31-27-20)10-5-11(14-9-24-26-16(14)6-10)8-23-12-3-4-15(21)13(7-12)17(22)19(29)30/h3-7,9,22-23H,8,21H2,1-2H3,(H,24,26)(H,29,30). The fourth-order valence-electron chi connectivity index (χ4n) is 3.10. The van der Waals surface area contributed by atoms with Crippen LogP contribution in [0, 0.1) is 5.41 Å². The summed E-state index contributed by atoms with van der Waals surface area (Å²) < 4.78 is 5.38. The van der Waals surface area contributed by atoms with E-state index in [0.717, 1.165) is 22.0 Å². The van der Waals surface area contributed by atoms with Crippen molar-refractivity contribution in [2.24, 2.45) is 0 Å². The van der Waals surface area contributed by atoms with Crippen LogP contribution in [0.3, 0.4) is 0 Å². The molecule has 0 aliphatic heterocycles. The Kier molecular flexibility index (Phi) is 4.99. The van der Waals surface area contributed by atoms with Crippen molar-refractivity contribution in [3.8, 4) is 11.5 Å². The van der Waals surface area contributed by atoms with Gasteiger partial charge in [0.1, 0.15) is 5.71 Å². The van der Waals surface area contributed by atoms with Crippen LogP contribution in [0.2, 0.25) is 0 Å². The van der Waals surface area contributed by atoms with Gasteiger partial charge in [-0.2, -0.15) is 10.1 Å². The maximum atomic E-state index is 11.1. The molecule has 2 aromatic heterocycles. The van der Waals surface area contributed by atoms with E-state index in [1.807, 2.05) is 26.2 Å². The first-order valence-electron chi connectivity index (χ1n) is 9.26. The van der Waals surface area contributed by atoms with Crippen LogP contribution in [0.5, 0.6) is 0 Å². The molecule has 0 bridgehead atoms. The summed E-state index contributed by atoms with van der Waals surface area (Å²) in [5, 5.41) is 32.0. The molecule has 0 fully saturated rings. The van der Waals surface area contributed by atoms with Crippen LogP contribution in [-0.4, -0.2) is 51.2 Å². The number of H-pyrrole nitrogens is 1. The number of hydrogen-bond donors (Lipinski definition) is 5. The first kappa shape index (κ1) is 19.9. The molecule has 11 heteroatoms. The number of carbonyl (C=O) groups is 1. The molecule has 11 nitrogen and oxygen atoms in total. The van der Waals surface area contributed by atoms with Gasteiger partial charge >= 0.3 is 5.97 Å². The number of fused-ring (bicyclic) bond motifs is 1. The molecule has 2 aromatic carbocycles. The van der Waals surface area contributed by atoms with Crippen molar-refractivity contribution in [3.05, 3.63) is 47.7 Å². The molecule has 0 saturated carbocycles. The number of carboxylic acid groups (broad SMARTS) is 1. The molecular weight excluding hydrogens is 400 g/mol. The summed E-state index contributed by atoms with van der Waals surface area (Å²) in [5.41, 5.74) is 8.74. The largest absolute Gasteiger partial charge is 0.477 e. The van der Waals surface area contributed by atoms with E-state index in [1.54, 1.807) is 29.3 Å². The number of nitrogens with two attached hydrogens (primary N) is 1. The first-order chi connectivity index (χ1) is 14.8. The van der Waals surface area contributed by atoms with Crippen molar-refractivity contribution < 1.29 is 14.4 Å². The zero-order valence-electron chi connectivity index (χ0n) is 16.8. The highest BCUT2D eigenvalue weighted by atomic mass is 16.5. The Morgan fingerprint density at radius 1 is 1.32 bits per heavy atom. The number of benzene rings is 2. The summed E-state index contributed by atoms with van der Waals surface area (Å²) in [6, 6.07) is 8.65. The third-order valence-corrected chi connectivity index (χ3v) is 4.73. The van der Waals surface area contributed by atoms with Gasteiger partial charge in [-0.1, -0.05) is 0 Å². The molecule has 0 amide bonds. The molecule has 0 atom stereocenters. The second kappa shape index (κ2) is 7.78.